The van der Waals surface area contributed by atoms with Crippen LogP contribution in [0.3, 0.4) is 0 Å². The first-order valence-corrected chi connectivity index (χ1v) is 12.3. The summed E-state index contributed by atoms with van der Waals surface area (Å²) in [4.78, 5) is 12.3. The fraction of sp³-hybridized carbons (Fsp3) is 0.667. The zero-order valence-electron chi connectivity index (χ0n) is 17.4. The Bertz CT molecular complexity index is 881. The Kier molecular flexibility index (Phi) is 6.71. The largest absolute Gasteiger partial charge is 0.491 e. The van der Waals surface area contributed by atoms with Crippen molar-refractivity contribution in [1.29, 1.82) is 0 Å². The van der Waals surface area contributed by atoms with Gasteiger partial charge in [-0.15, -0.1) is 0 Å². The average molecular weight is 455 g/mol. The molecule has 3 fully saturated rings. The molecular weight excluding hydrogens is 424 g/mol. The van der Waals surface area contributed by atoms with Gasteiger partial charge in [0.05, 0.1) is 28.4 Å². The van der Waals surface area contributed by atoms with Crippen LogP contribution in [-0.2, 0) is 19.3 Å². The molecule has 0 radical (unpaired) electrons. The van der Waals surface area contributed by atoms with E-state index in [-0.39, 0.29) is 35.0 Å². The minimum atomic E-state index is -3.30. The first-order valence-electron chi connectivity index (χ1n) is 10.8. The van der Waals surface area contributed by atoms with Gasteiger partial charge in [-0.2, -0.15) is 0 Å². The van der Waals surface area contributed by atoms with Crippen molar-refractivity contribution >= 4 is 15.9 Å². The van der Waals surface area contributed by atoms with Crippen molar-refractivity contribution in [3.05, 3.63) is 24.3 Å². The van der Waals surface area contributed by atoms with Gasteiger partial charge in [-0.3, -0.25) is 0 Å². The van der Waals surface area contributed by atoms with Crippen LogP contribution in [-0.4, -0.2) is 75.5 Å². The third-order valence-electron chi connectivity index (χ3n) is 5.99. The summed E-state index contributed by atoms with van der Waals surface area (Å²) in [5.41, 5.74) is -0.155. The molecule has 9 nitrogen and oxygen atoms in total. The topological polar surface area (TPSA) is 123 Å². The Balaban J connectivity index is 1.18. The van der Waals surface area contributed by atoms with Gasteiger partial charge in [-0.1, -0.05) is 6.07 Å². The number of alkyl carbamates (subject to hydrolysis) is 1. The molecule has 3 N–H and O–H groups in total. The van der Waals surface area contributed by atoms with Crippen LogP contribution in [0, 0.1) is 0 Å². The number of piperidine rings is 1. The highest BCUT2D eigenvalue weighted by molar-refractivity contribution is 7.92. The average Bonchev–Trinajstić information content (AvgIpc) is 3.56. The van der Waals surface area contributed by atoms with Gasteiger partial charge in [-0.25, -0.2) is 13.2 Å². The summed E-state index contributed by atoms with van der Waals surface area (Å²) in [6.07, 6.45) is 2.36. The second-order valence-electron chi connectivity index (χ2n) is 8.57. The highest BCUT2D eigenvalue weighted by atomic mass is 32.2. The van der Waals surface area contributed by atoms with Crippen molar-refractivity contribution in [2.45, 2.75) is 60.0 Å². The Morgan fingerprint density at radius 3 is 2.81 bits per heavy atom. The maximum Gasteiger partial charge on any atom is 0.407 e. The lowest BCUT2D eigenvalue weighted by atomic mass is 9.88. The van der Waals surface area contributed by atoms with Gasteiger partial charge in [0.25, 0.3) is 0 Å². The van der Waals surface area contributed by atoms with Crippen LogP contribution in [0.4, 0.5) is 4.79 Å². The van der Waals surface area contributed by atoms with E-state index >= 15 is 0 Å². The molecule has 1 aromatic carbocycles. The number of amides is 1. The molecule has 10 heteroatoms. The van der Waals surface area contributed by atoms with Crippen LogP contribution in [0.2, 0.25) is 0 Å². The summed E-state index contributed by atoms with van der Waals surface area (Å²) in [6, 6.07) is 6.15. The summed E-state index contributed by atoms with van der Waals surface area (Å²) < 4.78 is 41.2. The number of sulfone groups is 1. The van der Waals surface area contributed by atoms with E-state index in [4.69, 9.17) is 14.2 Å². The predicted octanol–water partition coefficient (Wildman–Crippen LogP) is 1.000. The quantitative estimate of drug-likeness (QED) is 0.532. The summed E-state index contributed by atoms with van der Waals surface area (Å²) in [5.74, 6) is 0.348. The van der Waals surface area contributed by atoms with E-state index in [1.807, 2.05) is 0 Å². The van der Waals surface area contributed by atoms with Crippen molar-refractivity contribution in [2.24, 2.45) is 0 Å². The molecule has 2 aliphatic heterocycles. The molecule has 0 aromatic heterocycles. The fourth-order valence-electron chi connectivity index (χ4n) is 4.10. The smallest absolute Gasteiger partial charge is 0.407 e. The first-order chi connectivity index (χ1) is 14.9. The lowest BCUT2D eigenvalue weighted by Crippen LogP contribution is -2.43. The highest BCUT2D eigenvalue weighted by Gasteiger charge is 2.41. The van der Waals surface area contributed by atoms with Crippen molar-refractivity contribution < 1.29 is 32.5 Å². The van der Waals surface area contributed by atoms with Crippen molar-refractivity contribution in [3.8, 4) is 5.75 Å². The number of rotatable bonds is 8. The summed E-state index contributed by atoms with van der Waals surface area (Å²) in [6.45, 7) is 1.94. The molecular formula is C21H30N2O7S. The van der Waals surface area contributed by atoms with E-state index in [1.54, 1.807) is 18.2 Å². The lowest BCUT2D eigenvalue weighted by Gasteiger charge is -2.32. The maximum atomic E-state index is 12.3. The molecule has 2 heterocycles. The van der Waals surface area contributed by atoms with Crippen molar-refractivity contribution in [2.75, 3.05) is 32.9 Å². The summed E-state index contributed by atoms with van der Waals surface area (Å²) in [5, 5.41) is 15.9. The number of aliphatic hydroxyl groups excluding tert-OH is 1. The number of aliphatic hydroxyl groups is 1. The van der Waals surface area contributed by atoms with E-state index in [9.17, 15) is 18.3 Å². The molecule has 2 atom stereocenters. The molecule has 31 heavy (non-hydrogen) atoms. The third kappa shape index (κ3) is 5.68. The molecule has 0 bridgehead atoms. The number of ether oxygens (including phenoxy) is 3. The summed E-state index contributed by atoms with van der Waals surface area (Å²) in [7, 11) is -3.30. The van der Waals surface area contributed by atoms with Crippen LogP contribution in [0.5, 0.6) is 5.75 Å². The van der Waals surface area contributed by atoms with Gasteiger partial charge < -0.3 is 30.0 Å². The van der Waals surface area contributed by atoms with E-state index < -0.39 is 22.0 Å². The predicted molar refractivity (Wildman–Crippen MR) is 112 cm³/mol. The highest BCUT2D eigenvalue weighted by Crippen LogP contribution is 2.35. The molecule has 4 rings (SSSR count). The molecule has 3 aliphatic rings. The minimum Gasteiger partial charge on any atom is -0.491 e. The van der Waals surface area contributed by atoms with Gasteiger partial charge in [0.15, 0.2) is 9.84 Å². The minimum absolute atomic E-state index is 0.102. The molecule has 0 unspecified atom stereocenters. The molecule has 1 aliphatic carbocycles. The molecule has 1 amide bonds. The van der Waals surface area contributed by atoms with Crippen LogP contribution >= 0.6 is 0 Å². The molecule has 1 saturated carbocycles. The number of carbonyl (C=O) groups excluding carboxylic acids is 1. The SMILES string of the molecule is O=C(N[C@H]1COC2(CCNCC2)C1)OC[C@@H](O)COc1cccc(S(=O)(=O)C2CC2)c1. The third-order valence-corrected chi connectivity index (χ3v) is 8.25. The second kappa shape index (κ2) is 9.32. The molecule has 172 valence electrons. The first kappa shape index (κ1) is 22.3. The fourth-order valence-corrected chi connectivity index (χ4v) is 5.79. The molecule has 2 saturated heterocycles. The molecule has 1 aromatic rings. The number of benzene rings is 1. The van der Waals surface area contributed by atoms with Crippen LogP contribution in [0.1, 0.15) is 32.1 Å². The second-order valence-corrected chi connectivity index (χ2v) is 10.8. The normalized spacial score (nSPS) is 24.0. The maximum absolute atomic E-state index is 12.3. The van der Waals surface area contributed by atoms with Crippen LogP contribution in [0.25, 0.3) is 0 Å². The van der Waals surface area contributed by atoms with Gasteiger partial charge in [0.2, 0.25) is 0 Å². The van der Waals surface area contributed by atoms with E-state index in [0.717, 1.165) is 32.4 Å². The van der Waals surface area contributed by atoms with Crippen molar-refractivity contribution in [3.63, 3.8) is 0 Å². The van der Waals surface area contributed by atoms with E-state index in [2.05, 4.69) is 10.6 Å². The van der Waals surface area contributed by atoms with Gasteiger partial charge in [0, 0.05) is 0 Å². The van der Waals surface area contributed by atoms with Gasteiger partial charge in [0.1, 0.15) is 25.1 Å². The van der Waals surface area contributed by atoms with Crippen LogP contribution < -0.4 is 15.4 Å². The summed E-state index contributed by atoms with van der Waals surface area (Å²) >= 11 is 0. The Labute approximate surface area is 182 Å². The van der Waals surface area contributed by atoms with E-state index in [0.29, 0.717) is 25.2 Å². The monoisotopic (exact) mass is 454 g/mol. The zero-order valence-corrected chi connectivity index (χ0v) is 18.2. The zero-order chi connectivity index (χ0) is 21.9. The number of hydrogen-bond acceptors (Lipinski definition) is 8. The van der Waals surface area contributed by atoms with Crippen LogP contribution in [0.15, 0.2) is 29.2 Å². The van der Waals surface area contributed by atoms with E-state index in [1.165, 1.54) is 6.07 Å². The van der Waals surface area contributed by atoms with Gasteiger partial charge >= 0.3 is 6.09 Å². The Morgan fingerprint density at radius 2 is 2.06 bits per heavy atom. The van der Waals surface area contributed by atoms with Crippen molar-refractivity contribution in [1.82, 2.24) is 10.6 Å². The van der Waals surface area contributed by atoms with Gasteiger partial charge in [-0.05, 0) is 63.4 Å². The standard InChI is InChI=1S/C21H30N2O7S/c24-16(13-28-17-2-1-3-19(10-17)31(26,27)18-4-5-18)14-29-20(25)23-15-11-21(30-12-15)6-8-22-9-7-21/h1-3,10,15-16,18,22,24H,4-9,11-14H2,(H,23,25)/t15-,16+/m1/s1. The Morgan fingerprint density at radius 1 is 1.29 bits per heavy atom. The number of nitrogens with one attached hydrogen (secondary N) is 2. The number of hydrogen-bond donors (Lipinski definition) is 3. The lowest BCUT2D eigenvalue weighted by molar-refractivity contribution is -0.0194. The number of carbonyl (C=O) groups is 1. The Hall–Kier alpha value is -1.88. The molecule has 1 spiro atoms.